The van der Waals surface area contributed by atoms with Crippen molar-refractivity contribution in [2.24, 2.45) is 7.05 Å². The van der Waals surface area contributed by atoms with Crippen LogP contribution in [-0.2, 0) is 11.8 Å². The summed E-state index contributed by atoms with van der Waals surface area (Å²) in [4.78, 5) is 29.2. The number of aromatic nitrogens is 5. The molecule has 0 radical (unpaired) electrons. The number of hydrogen-bond acceptors (Lipinski definition) is 6. The van der Waals surface area contributed by atoms with Crippen LogP contribution in [0.5, 0.6) is 0 Å². The first-order valence-electron chi connectivity index (χ1n) is 9.51. The molecule has 0 aliphatic carbocycles. The van der Waals surface area contributed by atoms with Crippen LogP contribution in [0.3, 0.4) is 0 Å². The molecule has 1 amide bonds. The summed E-state index contributed by atoms with van der Waals surface area (Å²) in [6, 6.07) is 9.13. The molecule has 9 nitrogen and oxygen atoms in total. The molecule has 0 unspecified atom stereocenters. The standard InChI is InChI=1S/C21H19BrN6O3/c1-4-31-21(30)15-11-24-28-16(8-9-23-19(15)28)13-6-5-7-14(10-13)25-20(29)18-17(22)12(2)26-27(18)3/h5-11H,4H2,1-3H3,(H,25,29). The van der Waals surface area contributed by atoms with E-state index in [2.05, 4.69) is 36.4 Å². The largest absolute Gasteiger partial charge is 0.462 e. The third-order valence-corrected chi connectivity index (χ3v) is 5.63. The number of rotatable bonds is 5. The van der Waals surface area contributed by atoms with Gasteiger partial charge >= 0.3 is 5.97 Å². The van der Waals surface area contributed by atoms with Gasteiger partial charge in [0.25, 0.3) is 5.91 Å². The van der Waals surface area contributed by atoms with Crippen LogP contribution in [0.2, 0.25) is 0 Å². The van der Waals surface area contributed by atoms with Crippen LogP contribution in [0.1, 0.15) is 33.5 Å². The summed E-state index contributed by atoms with van der Waals surface area (Å²) < 4.78 is 8.84. The van der Waals surface area contributed by atoms with Crippen molar-refractivity contribution in [1.29, 1.82) is 0 Å². The van der Waals surface area contributed by atoms with Crippen LogP contribution in [0.15, 0.2) is 47.2 Å². The fourth-order valence-corrected chi connectivity index (χ4v) is 3.80. The molecule has 1 N–H and O–H groups in total. The monoisotopic (exact) mass is 482 g/mol. The van der Waals surface area contributed by atoms with Gasteiger partial charge in [0.2, 0.25) is 0 Å². The molecule has 0 atom stereocenters. The lowest BCUT2D eigenvalue weighted by Gasteiger charge is -2.09. The average Bonchev–Trinajstić information content (AvgIpc) is 3.28. The fraction of sp³-hybridized carbons (Fsp3) is 0.190. The maximum absolute atomic E-state index is 12.8. The summed E-state index contributed by atoms with van der Waals surface area (Å²) in [5.41, 5.74) is 3.98. The highest BCUT2D eigenvalue weighted by Gasteiger charge is 2.19. The molecule has 0 aliphatic heterocycles. The Labute approximate surface area is 186 Å². The van der Waals surface area contributed by atoms with Crippen molar-refractivity contribution in [3.8, 4) is 11.3 Å². The van der Waals surface area contributed by atoms with Crippen LogP contribution in [0.4, 0.5) is 5.69 Å². The normalized spacial score (nSPS) is 11.0. The topological polar surface area (TPSA) is 103 Å². The van der Waals surface area contributed by atoms with E-state index in [9.17, 15) is 9.59 Å². The third-order valence-electron chi connectivity index (χ3n) is 4.68. The molecule has 3 heterocycles. The minimum atomic E-state index is -0.472. The number of aryl methyl sites for hydroxylation is 2. The Morgan fingerprint density at radius 3 is 2.77 bits per heavy atom. The second-order valence-electron chi connectivity index (χ2n) is 6.75. The number of benzene rings is 1. The van der Waals surface area contributed by atoms with Crippen molar-refractivity contribution in [2.45, 2.75) is 13.8 Å². The van der Waals surface area contributed by atoms with Gasteiger partial charge in [0.1, 0.15) is 11.3 Å². The molecule has 0 fully saturated rings. The highest BCUT2D eigenvalue weighted by atomic mass is 79.9. The van der Waals surface area contributed by atoms with Gasteiger partial charge in [-0.25, -0.2) is 14.3 Å². The zero-order valence-electron chi connectivity index (χ0n) is 17.1. The molecule has 4 aromatic rings. The lowest BCUT2D eigenvalue weighted by Crippen LogP contribution is -2.16. The first-order chi connectivity index (χ1) is 14.9. The van der Waals surface area contributed by atoms with Crippen molar-refractivity contribution < 1.29 is 14.3 Å². The molecule has 0 spiro atoms. The van der Waals surface area contributed by atoms with E-state index in [1.807, 2.05) is 25.1 Å². The molecule has 1 aromatic carbocycles. The van der Waals surface area contributed by atoms with Crippen molar-refractivity contribution in [3.63, 3.8) is 0 Å². The van der Waals surface area contributed by atoms with Gasteiger partial charge in [-0.2, -0.15) is 10.2 Å². The van der Waals surface area contributed by atoms with Gasteiger partial charge in [0.05, 0.1) is 28.7 Å². The molecule has 3 aromatic heterocycles. The zero-order valence-corrected chi connectivity index (χ0v) is 18.7. The number of anilines is 1. The van der Waals surface area contributed by atoms with Gasteiger partial charge in [-0.05, 0) is 48.0 Å². The number of esters is 1. The number of amides is 1. The molecule has 10 heteroatoms. The fourth-order valence-electron chi connectivity index (χ4n) is 3.29. The summed E-state index contributed by atoms with van der Waals surface area (Å²) in [6.07, 6.45) is 3.05. The van der Waals surface area contributed by atoms with Crippen molar-refractivity contribution >= 4 is 39.1 Å². The lowest BCUT2D eigenvalue weighted by molar-refractivity contribution is 0.0528. The molecule has 0 saturated carbocycles. The minimum absolute atomic E-state index is 0.268. The summed E-state index contributed by atoms with van der Waals surface area (Å²) in [5, 5.41) is 11.5. The minimum Gasteiger partial charge on any atom is -0.462 e. The molecular weight excluding hydrogens is 464 g/mol. The van der Waals surface area contributed by atoms with E-state index in [1.54, 1.807) is 36.8 Å². The predicted octanol–water partition coefficient (Wildman–Crippen LogP) is 3.63. The van der Waals surface area contributed by atoms with Crippen LogP contribution < -0.4 is 5.32 Å². The average molecular weight is 483 g/mol. The van der Waals surface area contributed by atoms with Gasteiger partial charge in [0.15, 0.2) is 5.65 Å². The molecule has 31 heavy (non-hydrogen) atoms. The Kier molecular flexibility index (Phi) is 5.55. The van der Waals surface area contributed by atoms with E-state index in [0.717, 1.165) is 11.3 Å². The van der Waals surface area contributed by atoms with E-state index < -0.39 is 5.97 Å². The van der Waals surface area contributed by atoms with Gasteiger partial charge in [-0.15, -0.1) is 0 Å². The molecule has 0 saturated heterocycles. The molecular formula is C21H19BrN6O3. The summed E-state index contributed by atoms with van der Waals surface area (Å²) >= 11 is 3.42. The van der Waals surface area contributed by atoms with E-state index in [0.29, 0.717) is 32.8 Å². The van der Waals surface area contributed by atoms with Gasteiger partial charge in [-0.3, -0.25) is 9.48 Å². The predicted molar refractivity (Wildman–Crippen MR) is 118 cm³/mol. The van der Waals surface area contributed by atoms with Crippen LogP contribution >= 0.6 is 15.9 Å². The van der Waals surface area contributed by atoms with Crippen molar-refractivity contribution in [1.82, 2.24) is 24.4 Å². The number of carbonyl (C=O) groups excluding carboxylic acids is 2. The molecule has 0 bridgehead atoms. The Morgan fingerprint density at radius 2 is 2.06 bits per heavy atom. The maximum atomic E-state index is 12.8. The van der Waals surface area contributed by atoms with Gasteiger partial charge in [0, 0.05) is 24.5 Å². The van der Waals surface area contributed by atoms with Gasteiger partial charge in [-0.1, -0.05) is 12.1 Å². The second kappa shape index (κ2) is 8.31. The number of nitrogens with one attached hydrogen (secondary N) is 1. The number of halogens is 1. The maximum Gasteiger partial charge on any atom is 0.343 e. The highest BCUT2D eigenvalue weighted by molar-refractivity contribution is 9.10. The first kappa shape index (κ1) is 20.7. The zero-order chi connectivity index (χ0) is 22.1. The lowest BCUT2D eigenvalue weighted by atomic mass is 10.1. The van der Waals surface area contributed by atoms with Crippen LogP contribution in [0.25, 0.3) is 16.9 Å². The first-order valence-corrected chi connectivity index (χ1v) is 10.3. The van der Waals surface area contributed by atoms with E-state index in [-0.39, 0.29) is 12.5 Å². The van der Waals surface area contributed by atoms with E-state index in [4.69, 9.17) is 4.74 Å². The second-order valence-corrected chi connectivity index (χ2v) is 7.54. The Morgan fingerprint density at radius 1 is 1.26 bits per heavy atom. The molecule has 4 rings (SSSR count). The summed E-state index contributed by atoms with van der Waals surface area (Å²) in [7, 11) is 1.72. The number of ether oxygens (including phenoxy) is 1. The number of carbonyl (C=O) groups is 2. The SMILES string of the molecule is CCOC(=O)c1cnn2c(-c3cccc(NC(=O)c4c(Br)c(C)nn4C)c3)ccnc12. The Balaban J connectivity index is 1.68. The summed E-state index contributed by atoms with van der Waals surface area (Å²) in [5.74, 6) is -0.754. The van der Waals surface area contributed by atoms with Crippen LogP contribution in [-0.4, -0.2) is 42.9 Å². The van der Waals surface area contributed by atoms with Crippen molar-refractivity contribution in [2.75, 3.05) is 11.9 Å². The number of hydrogen-bond donors (Lipinski definition) is 1. The quantitative estimate of drug-likeness (QED) is 0.435. The third kappa shape index (κ3) is 3.81. The smallest absolute Gasteiger partial charge is 0.343 e. The Bertz CT molecular complexity index is 1310. The number of nitrogens with zero attached hydrogens (tertiary/aromatic N) is 5. The van der Waals surface area contributed by atoms with Crippen LogP contribution in [0, 0.1) is 6.92 Å². The Hall–Kier alpha value is -3.53. The van der Waals surface area contributed by atoms with E-state index >= 15 is 0 Å². The molecule has 0 aliphatic rings. The summed E-state index contributed by atoms with van der Waals surface area (Å²) in [6.45, 7) is 3.84. The van der Waals surface area contributed by atoms with E-state index in [1.165, 1.54) is 10.9 Å². The highest BCUT2D eigenvalue weighted by Crippen LogP contribution is 2.26. The molecule has 158 valence electrons. The number of fused-ring (bicyclic) bond motifs is 1. The van der Waals surface area contributed by atoms with Crippen molar-refractivity contribution in [3.05, 3.63) is 64.1 Å². The van der Waals surface area contributed by atoms with Gasteiger partial charge < -0.3 is 10.1 Å².